The molecule has 6 heteroatoms. The Bertz CT molecular complexity index is 578. The van der Waals surface area contributed by atoms with E-state index in [0.29, 0.717) is 36.1 Å². The Hall–Kier alpha value is -1.40. The SMILES string of the molecule is c1nc(NC2CCCC3OCCC23)cc(NC2CCCC3OCCC23)n1. The largest absolute Gasteiger partial charge is 0.378 e. The van der Waals surface area contributed by atoms with Crippen molar-refractivity contribution in [3.63, 3.8) is 0 Å². The number of rotatable bonds is 4. The normalized spacial score (nSPS) is 39.2. The van der Waals surface area contributed by atoms with Gasteiger partial charge in [-0.25, -0.2) is 9.97 Å². The quantitative estimate of drug-likeness (QED) is 0.861. The van der Waals surface area contributed by atoms with Crippen LogP contribution in [0.25, 0.3) is 0 Å². The van der Waals surface area contributed by atoms with Crippen LogP contribution in [0.1, 0.15) is 51.4 Å². The zero-order valence-corrected chi connectivity index (χ0v) is 15.4. The highest BCUT2D eigenvalue weighted by molar-refractivity contribution is 5.48. The lowest BCUT2D eigenvalue weighted by Crippen LogP contribution is -2.39. The van der Waals surface area contributed by atoms with Crippen LogP contribution in [-0.4, -0.2) is 47.5 Å². The van der Waals surface area contributed by atoms with Crippen LogP contribution < -0.4 is 10.6 Å². The number of nitrogens with one attached hydrogen (secondary N) is 2. The van der Waals surface area contributed by atoms with Crippen molar-refractivity contribution in [1.82, 2.24) is 9.97 Å². The molecular weight excluding hydrogens is 328 g/mol. The van der Waals surface area contributed by atoms with E-state index in [-0.39, 0.29) is 0 Å². The smallest absolute Gasteiger partial charge is 0.131 e. The van der Waals surface area contributed by atoms with Gasteiger partial charge in [-0.1, -0.05) is 0 Å². The lowest BCUT2D eigenvalue weighted by Gasteiger charge is -2.34. The highest BCUT2D eigenvalue weighted by Gasteiger charge is 2.39. The molecule has 0 radical (unpaired) electrons. The number of hydrogen-bond acceptors (Lipinski definition) is 6. The third-order valence-corrected chi connectivity index (χ3v) is 6.90. The number of aromatic nitrogens is 2. The van der Waals surface area contributed by atoms with Crippen LogP contribution in [0.5, 0.6) is 0 Å². The number of hydrogen-bond donors (Lipinski definition) is 2. The molecule has 3 heterocycles. The molecule has 1 aromatic rings. The highest BCUT2D eigenvalue weighted by Crippen LogP contribution is 2.37. The summed E-state index contributed by atoms with van der Waals surface area (Å²) in [6.45, 7) is 1.83. The zero-order chi connectivity index (χ0) is 17.3. The molecule has 1 aromatic heterocycles. The van der Waals surface area contributed by atoms with Crippen LogP contribution in [0, 0.1) is 11.8 Å². The Morgan fingerprint density at radius 1 is 0.731 bits per heavy atom. The molecule has 142 valence electrons. The first-order valence-corrected chi connectivity index (χ1v) is 10.4. The average molecular weight is 358 g/mol. The molecule has 0 amide bonds. The molecular formula is C20H30N4O2. The van der Waals surface area contributed by atoms with Crippen molar-refractivity contribution in [2.75, 3.05) is 23.8 Å². The van der Waals surface area contributed by atoms with E-state index in [4.69, 9.17) is 9.47 Å². The molecule has 2 saturated heterocycles. The summed E-state index contributed by atoms with van der Waals surface area (Å²) in [5, 5.41) is 7.36. The summed E-state index contributed by atoms with van der Waals surface area (Å²) in [6.07, 6.45) is 12.2. The molecule has 4 fully saturated rings. The molecule has 26 heavy (non-hydrogen) atoms. The monoisotopic (exact) mass is 358 g/mol. The van der Waals surface area contributed by atoms with Gasteiger partial charge in [-0.3, -0.25) is 0 Å². The van der Waals surface area contributed by atoms with Crippen molar-refractivity contribution in [3.8, 4) is 0 Å². The standard InChI is InChI=1S/C20H30N4O2/c1-3-15(13-7-9-25-17(13)5-1)23-19-11-20(22-12-21-19)24-16-4-2-6-18-14(16)8-10-26-18/h11-18H,1-10H2,(H2,21,22,23,24). The van der Waals surface area contributed by atoms with Crippen molar-refractivity contribution < 1.29 is 9.47 Å². The minimum absolute atomic E-state index is 0.447. The van der Waals surface area contributed by atoms with Gasteiger partial charge >= 0.3 is 0 Å². The Balaban J connectivity index is 1.25. The molecule has 2 aliphatic carbocycles. The van der Waals surface area contributed by atoms with Gasteiger partial charge in [-0.05, 0) is 51.4 Å². The average Bonchev–Trinajstić information content (AvgIpc) is 3.32. The van der Waals surface area contributed by atoms with E-state index in [9.17, 15) is 0 Å². The van der Waals surface area contributed by atoms with Gasteiger partial charge in [-0.15, -0.1) is 0 Å². The fourth-order valence-electron chi connectivity index (χ4n) is 5.60. The topological polar surface area (TPSA) is 68.3 Å². The first-order valence-electron chi connectivity index (χ1n) is 10.4. The summed E-state index contributed by atoms with van der Waals surface area (Å²) in [5.74, 6) is 3.14. The van der Waals surface area contributed by atoms with E-state index in [2.05, 4.69) is 26.7 Å². The molecule has 6 unspecified atom stereocenters. The van der Waals surface area contributed by atoms with Gasteiger partial charge in [0.15, 0.2) is 0 Å². The molecule has 2 N–H and O–H groups in total. The molecule has 5 rings (SSSR count). The zero-order valence-electron chi connectivity index (χ0n) is 15.4. The lowest BCUT2D eigenvalue weighted by molar-refractivity contribution is 0.0619. The van der Waals surface area contributed by atoms with E-state index in [1.165, 1.54) is 51.4 Å². The second-order valence-corrected chi connectivity index (χ2v) is 8.38. The molecule has 0 aromatic carbocycles. The summed E-state index contributed by atoms with van der Waals surface area (Å²) < 4.78 is 11.8. The van der Waals surface area contributed by atoms with Gasteiger partial charge < -0.3 is 20.1 Å². The molecule has 0 spiro atoms. The molecule has 2 aliphatic heterocycles. The molecule has 6 atom stereocenters. The van der Waals surface area contributed by atoms with E-state index >= 15 is 0 Å². The Kier molecular flexibility index (Phi) is 4.71. The van der Waals surface area contributed by atoms with Crippen molar-refractivity contribution in [2.24, 2.45) is 11.8 Å². The maximum atomic E-state index is 5.89. The first kappa shape index (κ1) is 16.8. The Morgan fingerprint density at radius 2 is 1.27 bits per heavy atom. The van der Waals surface area contributed by atoms with Crippen molar-refractivity contribution in [1.29, 1.82) is 0 Å². The molecule has 6 nitrogen and oxygen atoms in total. The summed E-state index contributed by atoms with van der Waals surface area (Å²) in [5.41, 5.74) is 0. The minimum Gasteiger partial charge on any atom is -0.378 e. The Labute approximate surface area is 155 Å². The maximum Gasteiger partial charge on any atom is 0.131 e. The third-order valence-electron chi connectivity index (χ3n) is 6.90. The molecule has 0 bridgehead atoms. The minimum atomic E-state index is 0.447. The van der Waals surface area contributed by atoms with Crippen molar-refractivity contribution in [2.45, 2.75) is 75.7 Å². The number of ether oxygens (including phenoxy) is 2. The second kappa shape index (κ2) is 7.31. The van der Waals surface area contributed by atoms with Gasteiger partial charge in [0.1, 0.15) is 18.0 Å². The first-order chi connectivity index (χ1) is 12.9. The fraction of sp³-hybridized carbons (Fsp3) is 0.800. The Morgan fingerprint density at radius 3 is 1.81 bits per heavy atom. The van der Waals surface area contributed by atoms with Gasteiger partial charge in [0.25, 0.3) is 0 Å². The number of nitrogens with zero attached hydrogens (tertiary/aromatic N) is 2. The van der Waals surface area contributed by atoms with Gasteiger partial charge in [0.2, 0.25) is 0 Å². The van der Waals surface area contributed by atoms with E-state index < -0.39 is 0 Å². The number of anilines is 2. The summed E-state index contributed by atoms with van der Waals surface area (Å²) in [7, 11) is 0. The van der Waals surface area contributed by atoms with Crippen LogP contribution in [0.15, 0.2) is 12.4 Å². The van der Waals surface area contributed by atoms with E-state index in [1.807, 2.05) is 0 Å². The molecule has 2 saturated carbocycles. The van der Waals surface area contributed by atoms with Crippen LogP contribution in [-0.2, 0) is 9.47 Å². The van der Waals surface area contributed by atoms with Gasteiger partial charge in [0.05, 0.1) is 12.2 Å². The second-order valence-electron chi connectivity index (χ2n) is 8.38. The van der Waals surface area contributed by atoms with Crippen LogP contribution in [0.3, 0.4) is 0 Å². The van der Waals surface area contributed by atoms with Crippen LogP contribution in [0.4, 0.5) is 11.6 Å². The molecule has 4 aliphatic rings. The van der Waals surface area contributed by atoms with Crippen LogP contribution >= 0.6 is 0 Å². The van der Waals surface area contributed by atoms with E-state index in [0.717, 1.165) is 24.8 Å². The van der Waals surface area contributed by atoms with Gasteiger partial charge in [-0.2, -0.15) is 0 Å². The highest BCUT2D eigenvalue weighted by atomic mass is 16.5. The summed E-state index contributed by atoms with van der Waals surface area (Å²) in [4.78, 5) is 8.96. The number of fused-ring (bicyclic) bond motifs is 2. The maximum absolute atomic E-state index is 5.89. The summed E-state index contributed by atoms with van der Waals surface area (Å²) >= 11 is 0. The predicted molar refractivity (Wildman–Crippen MR) is 100 cm³/mol. The lowest BCUT2D eigenvalue weighted by atomic mass is 9.81. The predicted octanol–water partition coefficient (Wildman–Crippen LogP) is 3.22. The summed E-state index contributed by atoms with van der Waals surface area (Å²) in [6, 6.07) is 3.03. The van der Waals surface area contributed by atoms with Gasteiger partial charge in [0, 0.05) is 43.2 Å². The van der Waals surface area contributed by atoms with E-state index in [1.54, 1.807) is 6.33 Å². The van der Waals surface area contributed by atoms with Crippen molar-refractivity contribution >= 4 is 11.6 Å². The third kappa shape index (κ3) is 3.29. The fourth-order valence-corrected chi connectivity index (χ4v) is 5.60. The van der Waals surface area contributed by atoms with Crippen molar-refractivity contribution in [3.05, 3.63) is 12.4 Å². The van der Waals surface area contributed by atoms with Crippen LogP contribution in [0.2, 0.25) is 0 Å².